The van der Waals surface area contributed by atoms with Gasteiger partial charge in [-0.3, -0.25) is 0 Å². The number of para-hydroxylation sites is 1. The van der Waals surface area contributed by atoms with Crippen molar-refractivity contribution in [1.29, 1.82) is 0 Å². The molecule has 0 bridgehead atoms. The second-order valence-electron chi connectivity index (χ2n) is 11.9. The van der Waals surface area contributed by atoms with Gasteiger partial charge < -0.3 is 8.98 Å². The van der Waals surface area contributed by atoms with Crippen molar-refractivity contribution in [3.63, 3.8) is 0 Å². The number of aromatic nitrogens is 4. The van der Waals surface area contributed by atoms with Crippen LogP contribution in [0.5, 0.6) is 0 Å². The number of fused-ring (bicyclic) bond motifs is 6. The van der Waals surface area contributed by atoms with E-state index in [1.54, 1.807) is 10.6 Å². The van der Waals surface area contributed by atoms with Gasteiger partial charge in [-0.05, 0) is 47.5 Å². The quantitative estimate of drug-likeness (QED) is 0.186. The summed E-state index contributed by atoms with van der Waals surface area (Å²) < 4.78 is 72.6. The number of nitrogens with zero attached hydrogens (tertiary/aromatic N) is 4. The molecule has 5 heteroatoms. The minimum Gasteiger partial charge on any atom is -0.456 e. The third-order valence-corrected chi connectivity index (χ3v) is 8.90. The summed E-state index contributed by atoms with van der Waals surface area (Å²) in [5, 5.41) is 1.49. The van der Waals surface area contributed by atoms with E-state index in [-0.39, 0.29) is 63.4 Å². The third-order valence-electron chi connectivity index (χ3n) is 8.90. The van der Waals surface area contributed by atoms with Crippen molar-refractivity contribution >= 4 is 43.7 Å². The van der Waals surface area contributed by atoms with Crippen LogP contribution in [0.25, 0.3) is 94.7 Å². The summed E-state index contributed by atoms with van der Waals surface area (Å²) in [6.45, 7) is 0. The Hall–Kier alpha value is -6.85. The molecule has 0 fully saturated rings. The van der Waals surface area contributed by atoms with Gasteiger partial charge >= 0.3 is 0 Å². The first-order valence-electron chi connectivity index (χ1n) is 19.6. The summed E-state index contributed by atoms with van der Waals surface area (Å²) in [5.41, 5.74) is 5.10. The molecule has 5 nitrogen and oxygen atoms in total. The lowest BCUT2D eigenvalue weighted by molar-refractivity contribution is 0.669. The predicted octanol–water partition coefficient (Wildman–Crippen LogP) is 11.5. The van der Waals surface area contributed by atoms with E-state index in [2.05, 4.69) is 0 Å². The first-order valence-corrected chi connectivity index (χ1v) is 16.1. The predicted molar refractivity (Wildman–Crippen MR) is 203 cm³/mol. The summed E-state index contributed by atoms with van der Waals surface area (Å²) in [6.07, 6.45) is 0. The Balaban J connectivity index is 1.33. The number of rotatable bonds is 5. The molecule has 0 aliphatic heterocycles. The average molecular weight is 648 g/mol. The minimum absolute atomic E-state index is 0.00452. The van der Waals surface area contributed by atoms with E-state index in [9.17, 15) is 5.48 Å². The molecule has 0 atom stereocenters. The maximum Gasteiger partial charge on any atom is 0.164 e. The second kappa shape index (κ2) is 11.4. The monoisotopic (exact) mass is 647 g/mol. The van der Waals surface area contributed by atoms with Crippen LogP contribution < -0.4 is 0 Å². The lowest BCUT2D eigenvalue weighted by atomic mass is 10.0. The van der Waals surface area contributed by atoms with E-state index in [1.165, 1.54) is 0 Å². The largest absolute Gasteiger partial charge is 0.456 e. The van der Waals surface area contributed by atoms with Gasteiger partial charge in [0, 0.05) is 32.8 Å². The first-order chi connectivity index (χ1) is 27.7. The van der Waals surface area contributed by atoms with E-state index < -0.39 is 12.1 Å². The van der Waals surface area contributed by atoms with Crippen molar-refractivity contribution < 1.29 is 14.0 Å². The highest BCUT2D eigenvalue weighted by atomic mass is 16.3. The molecule has 0 amide bonds. The fourth-order valence-electron chi connectivity index (χ4n) is 6.59. The van der Waals surface area contributed by atoms with Crippen molar-refractivity contribution in [2.75, 3.05) is 0 Å². The Kier molecular flexibility index (Phi) is 4.99. The molecule has 0 aliphatic carbocycles. The van der Waals surface area contributed by atoms with E-state index in [0.717, 1.165) is 16.5 Å². The van der Waals surface area contributed by atoms with Crippen LogP contribution in [0.4, 0.5) is 0 Å². The molecule has 0 N–H and O–H groups in total. The first kappa shape index (κ1) is 21.9. The van der Waals surface area contributed by atoms with Crippen LogP contribution in [0, 0.1) is 0 Å². The van der Waals surface area contributed by atoms with Gasteiger partial charge in [-0.15, -0.1) is 0 Å². The van der Waals surface area contributed by atoms with Crippen molar-refractivity contribution in [3.8, 4) is 51.0 Å². The van der Waals surface area contributed by atoms with Gasteiger partial charge in [-0.1, -0.05) is 133 Å². The van der Waals surface area contributed by atoms with Gasteiger partial charge in [-0.2, -0.15) is 0 Å². The van der Waals surface area contributed by atoms with Crippen molar-refractivity contribution in [2.45, 2.75) is 0 Å². The normalized spacial score (nSPS) is 13.6. The summed E-state index contributed by atoms with van der Waals surface area (Å²) in [7, 11) is 0. The van der Waals surface area contributed by atoms with Crippen LogP contribution in [-0.4, -0.2) is 19.5 Å². The Morgan fingerprint density at radius 3 is 1.78 bits per heavy atom. The van der Waals surface area contributed by atoms with Crippen LogP contribution in [0.1, 0.15) is 9.60 Å². The molecule has 0 spiro atoms. The summed E-state index contributed by atoms with van der Waals surface area (Å²) in [6, 6.07) is 37.3. The number of furan rings is 1. The van der Waals surface area contributed by atoms with E-state index >= 15 is 0 Å². The number of hydrogen-bond donors (Lipinski definition) is 0. The lowest BCUT2D eigenvalue weighted by Crippen LogP contribution is -2.00. The molecule has 50 heavy (non-hydrogen) atoms. The van der Waals surface area contributed by atoms with Gasteiger partial charge in [0.25, 0.3) is 0 Å². The second-order valence-corrected chi connectivity index (χ2v) is 11.9. The Morgan fingerprint density at radius 1 is 0.460 bits per heavy atom. The smallest absolute Gasteiger partial charge is 0.164 e. The minimum atomic E-state index is -0.481. The molecular weight excluding hydrogens is 613 g/mol. The van der Waals surface area contributed by atoms with Gasteiger partial charge in [0.2, 0.25) is 0 Å². The highest BCUT2D eigenvalue weighted by molar-refractivity contribution is 6.15. The van der Waals surface area contributed by atoms with Gasteiger partial charge in [0.15, 0.2) is 17.5 Å². The summed E-state index contributed by atoms with van der Waals surface area (Å²) >= 11 is 0. The Labute approximate surface area is 297 Å². The van der Waals surface area contributed by atoms with Crippen molar-refractivity contribution in [3.05, 3.63) is 170 Å². The van der Waals surface area contributed by atoms with E-state index in [4.69, 9.17) is 23.5 Å². The molecular formula is C45H28N4O. The Morgan fingerprint density at radius 2 is 1.08 bits per heavy atom. The zero-order chi connectivity index (χ0) is 39.1. The maximum atomic E-state index is 9.93. The molecule has 3 aromatic heterocycles. The highest BCUT2D eigenvalue weighted by Gasteiger charge is 2.20. The summed E-state index contributed by atoms with van der Waals surface area (Å²) in [5.74, 6) is 0.633. The SMILES string of the molecule is [2H]c1c([2H])c([2H])c2c(c1[2H])c1c([2H])c([2H])c(-c3nc(-c4ccccc4)nc(-c4ccccc4)n3)c([2H])c1n2-c1cccc2oc3cc(-c4ccccc4)ccc3c12. The zero-order valence-corrected chi connectivity index (χ0v) is 26.3. The maximum absolute atomic E-state index is 9.93. The molecule has 0 saturated heterocycles. The Bertz CT molecular complexity index is 3200. The molecule has 0 unspecified atom stereocenters. The number of benzene rings is 7. The topological polar surface area (TPSA) is 56.7 Å². The molecule has 0 saturated carbocycles. The summed E-state index contributed by atoms with van der Waals surface area (Å²) in [4.78, 5) is 14.4. The van der Waals surface area contributed by atoms with Crippen molar-refractivity contribution in [2.24, 2.45) is 0 Å². The molecule has 3 heterocycles. The molecule has 234 valence electrons. The molecule has 0 aliphatic rings. The fourth-order valence-corrected chi connectivity index (χ4v) is 6.59. The highest BCUT2D eigenvalue weighted by Crippen LogP contribution is 2.40. The molecule has 7 aromatic carbocycles. The van der Waals surface area contributed by atoms with Crippen LogP contribution in [-0.2, 0) is 0 Å². The van der Waals surface area contributed by atoms with Crippen LogP contribution >= 0.6 is 0 Å². The van der Waals surface area contributed by atoms with E-state index in [1.807, 2.05) is 121 Å². The van der Waals surface area contributed by atoms with Gasteiger partial charge in [-0.25, -0.2) is 15.0 Å². The van der Waals surface area contributed by atoms with E-state index in [0.29, 0.717) is 45.0 Å². The van der Waals surface area contributed by atoms with Gasteiger partial charge in [0.1, 0.15) is 11.2 Å². The van der Waals surface area contributed by atoms with Crippen LogP contribution in [0.3, 0.4) is 0 Å². The molecule has 10 rings (SSSR count). The zero-order valence-electron chi connectivity index (χ0n) is 33.3. The number of hydrogen-bond acceptors (Lipinski definition) is 4. The molecule has 0 radical (unpaired) electrons. The molecule has 10 aromatic rings. The fraction of sp³-hybridized carbons (Fsp3) is 0. The van der Waals surface area contributed by atoms with Crippen LogP contribution in [0.2, 0.25) is 0 Å². The standard InChI is InChI=1S/C45H28N4O/c1-4-13-29(14-5-1)32-23-26-36-41(28-32)50-40-22-12-21-38(42(36)40)49-37-20-11-10-19-34(37)35-25-24-33(27-39(35)49)45-47-43(30-15-6-2-7-16-30)46-44(48-45)31-17-8-3-9-18-31/h1-28H/i10D,11D,19D,20D,24D,25D,27D. The van der Waals surface area contributed by atoms with Gasteiger partial charge in [0.05, 0.1) is 31.7 Å². The third kappa shape index (κ3) is 4.60. The van der Waals surface area contributed by atoms with Crippen LogP contribution in [0.15, 0.2) is 174 Å². The average Bonchev–Trinajstić information content (AvgIpc) is 3.82. The van der Waals surface area contributed by atoms with Crippen molar-refractivity contribution in [1.82, 2.24) is 19.5 Å². The lowest BCUT2D eigenvalue weighted by Gasteiger charge is -2.11.